The first-order valence-corrected chi connectivity index (χ1v) is 5.55. The van der Waals surface area contributed by atoms with Crippen LogP contribution < -0.4 is 0 Å². The summed E-state index contributed by atoms with van der Waals surface area (Å²) in [5.41, 5.74) is 0. The second-order valence-corrected chi connectivity index (χ2v) is 2.86. The zero-order valence-electron chi connectivity index (χ0n) is 9.97. The minimum Gasteiger partial charge on any atom is -0.396 e. The van der Waals surface area contributed by atoms with Gasteiger partial charge in [0.15, 0.2) is 0 Å². The van der Waals surface area contributed by atoms with Crippen molar-refractivity contribution in [3.05, 3.63) is 13.2 Å². The van der Waals surface area contributed by atoms with Crippen LogP contribution in [0.4, 0.5) is 0 Å². The summed E-state index contributed by atoms with van der Waals surface area (Å²) in [5, 5.41) is 16.4. The number of aliphatic hydroxyl groups excluding tert-OH is 2. The van der Waals surface area contributed by atoms with Gasteiger partial charge >= 0.3 is 0 Å². The molecule has 2 nitrogen and oxygen atoms in total. The fourth-order valence-corrected chi connectivity index (χ4v) is 0.754. The van der Waals surface area contributed by atoms with Gasteiger partial charge in [0.1, 0.15) is 0 Å². The van der Waals surface area contributed by atoms with E-state index in [4.69, 9.17) is 10.2 Å². The van der Waals surface area contributed by atoms with Crippen LogP contribution in [0.3, 0.4) is 0 Å². The molecule has 0 aliphatic heterocycles. The van der Waals surface area contributed by atoms with Crippen LogP contribution in [0.2, 0.25) is 0 Å². The first-order chi connectivity index (χ1) is 6.83. The van der Waals surface area contributed by atoms with Gasteiger partial charge < -0.3 is 10.2 Å². The van der Waals surface area contributed by atoms with Gasteiger partial charge in [0.05, 0.1) is 0 Å². The van der Waals surface area contributed by atoms with Gasteiger partial charge in [0, 0.05) is 13.2 Å². The van der Waals surface area contributed by atoms with E-state index >= 15 is 0 Å². The Morgan fingerprint density at radius 3 is 1.21 bits per heavy atom. The van der Waals surface area contributed by atoms with E-state index < -0.39 is 0 Å². The van der Waals surface area contributed by atoms with Gasteiger partial charge in [-0.25, -0.2) is 0 Å². The molecule has 88 valence electrons. The van der Waals surface area contributed by atoms with Crippen molar-refractivity contribution < 1.29 is 10.2 Å². The molecule has 0 unspecified atom stereocenters. The van der Waals surface area contributed by atoms with Crippen molar-refractivity contribution in [2.45, 2.75) is 52.4 Å². The van der Waals surface area contributed by atoms with Crippen LogP contribution in [-0.4, -0.2) is 23.4 Å². The van der Waals surface area contributed by atoms with Crippen LogP contribution in [0.5, 0.6) is 0 Å². The third-order valence-corrected chi connectivity index (χ3v) is 1.52. The molecule has 0 aromatic carbocycles. The maximum Gasteiger partial charge on any atom is 0.0431 e. The van der Waals surface area contributed by atoms with E-state index in [1.165, 1.54) is 19.3 Å². The predicted molar refractivity (Wildman–Crippen MR) is 64.5 cm³/mol. The highest BCUT2D eigenvalue weighted by Crippen LogP contribution is 1.90. The van der Waals surface area contributed by atoms with E-state index in [9.17, 15) is 0 Å². The van der Waals surface area contributed by atoms with E-state index in [1.54, 1.807) is 0 Å². The first-order valence-electron chi connectivity index (χ1n) is 5.55. The molecule has 0 aliphatic rings. The van der Waals surface area contributed by atoms with E-state index in [0.717, 1.165) is 19.3 Å². The van der Waals surface area contributed by atoms with Crippen molar-refractivity contribution in [2.24, 2.45) is 0 Å². The summed E-state index contributed by atoms with van der Waals surface area (Å²) in [6.07, 6.45) is 6.65. The van der Waals surface area contributed by atoms with Gasteiger partial charge in [-0.1, -0.05) is 33.1 Å². The largest absolute Gasteiger partial charge is 0.396 e. The zero-order valence-corrected chi connectivity index (χ0v) is 9.97. The average Bonchev–Trinajstić information content (AvgIpc) is 2.24. The summed E-state index contributed by atoms with van der Waals surface area (Å²) in [6, 6.07) is 0. The number of hydrogen-bond acceptors (Lipinski definition) is 2. The SMILES string of the molecule is C=C.CCCCC.OCCCCCO. The third kappa shape index (κ3) is 41.4. The molecule has 0 fully saturated rings. The Bertz CT molecular complexity index is 59.3. The molecule has 2 N–H and O–H groups in total. The average molecular weight is 204 g/mol. The first kappa shape index (κ1) is 19.3. The van der Waals surface area contributed by atoms with Crippen LogP contribution >= 0.6 is 0 Å². The molecule has 0 saturated heterocycles. The van der Waals surface area contributed by atoms with Crippen LogP contribution in [0, 0.1) is 0 Å². The van der Waals surface area contributed by atoms with Gasteiger partial charge in [-0.3, -0.25) is 0 Å². The molecular formula is C12H28O2. The zero-order chi connectivity index (χ0) is 11.7. The lowest BCUT2D eigenvalue weighted by molar-refractivity contribution is 0.257. The smallest absolute Gasteiger partial charge is 0.0431 e. The quantitative estimate of drug-likeness (QED) is 0.515. The van der Waals surface area contributed by atoms with E-state index in [0.29, 0.717) is 0 Å². The number of rotatable bonds is 6. The molecule has 0 radical (unpaired) electrons. The third-order valence-electron chi connectivity index (χ3n) is 1.52. The van der Waals surface area contributed by atoms with Gasteiger partial charge in [0.25, 0.3) is 0 Å². The summed E-state index contributed by atoms with van der Waals surface area (Å²) in [7, 11) is 0. The molecule has 0 aromatic heterocycles. The van der Waals surface area contributed by atoms with Crippen molar-refractivity contribution in [1.29, 1.82) is 0 Å². The Labute approximate surface area is 89.7 Å². The van der Waals surface area contributed by atoms with Gasteiger partial charge in [-0.15, -0.1) is 13.2 Å². The summed E-state index contributed by atoms with van der Waals surface area (Å²) in [5.74, 6) is 0. The molecule has 0 amide bonds. The number of hydrogen-bond donors (Lipinski definition) is 2. The molecule has 0 aliphatic carbocycles. The molecule has 0 heterocycles. The second kappa shape index (κ2) is 29.3. The Hall–Kier alpha value is -0.340. The Balaban J connectivity index is -0.000000152. The molecule has 0 atom stereocenters. The fourth-order valence-electron chi connectivity index (χ4n) is 0.754. The number of unbranched alkanes of at least 4 members (excludes halogenated alkanes) is 4. The molecule has 0 saturated carbocycles. The Kier molecular flexibility index (Phi) is 40.4. The lowest BCUT2D eigenvalue weighted by atomic mass is 10.2. The monoisotopic (exact) mass is 204 g/mol. The predicted octanol–water partition coefficient (Wildman–Crippen LogP) is 3.14. The summed E-state index contributed by atoms with van der Waals surface area (Å²) < 4.78 is 0. The van der Waals surface area contributed by atoms with Crippen molar-refractivity contribution in [3.63, 3.8) is 0 Å². The van der Waals surface area contributed by atoms with Crippen molar-refractivity contribution in [1.82, 2.24) is 0 Å². The fraction of sp³-hybridized carbons (Fsp3) is 0.833. The summed E-state index contributed by atoms with van der Waals surface area (Å²) in [4.78, 5) is 0. The lowest BCUT2D eigenvalue weighted by Gasteiger charge is -1.90. The number of aliphatic hydroxyl groups is 2. The van der Waals surface area contributed by atoms with Crippen LogP contribution in [0.25, 0.3) is 0 Å². The van der Waals surface area contributed by atoms with Crippen LogP contribution in [-0.2, 0) is 0 Å². The molecule has 0 rings (SSSR count). The molecular weight excluding hydrogens is 176 g/mol. The molecule has 0 bridgehead atoms. The van der Waals surface area contributed by atoms with Gasteiger partial charge in [-0.05, 0) is 19.3 Å². The van der Waals surface area contributed by atoms with Gasteiger partial charge in [0.2, 0.25) is 0 Å². The van der Waals surface area contributed by atoms with E-state index in [-0.39, 0.29) is 13.2 Å². The van der Waals surface area contributed by atoms with Crippen LogP contribution in [0.15, 0.2) is 13.2 Å². The lowest BCUT2D eigenvalue weighted by Crippen LogP contribution is -1.85. The van der Waals surface area contributed by atoms with Crippen LogP contribution in [0.1, 0.15) is 52.4 Å². The molecule has 2 heteroatoms. The van der Waals surface area contributed by atoms with Crippen molar-refractivity contribution >= 4 is 0 Å². The topological polar surface area (TPSA) is 40.5 Å². The minimum atomic E-state index is 0.250. The van der Waals surface area contributed by atoms with Gasteiger partial charge in [-0.2, -0.15) is 0 Å². The van der Waals surface area contributed by atoms with Crippen molar-refractivity contribution in [3.8, 4) is 0 Å². The maximum absolute atomic E-state index is 8.21. The molecule has 0 spiro atoms. The van der Waals surface area contributed by atoms with E-state index in [2.05, 4.69) is 27.0 Å². The van der Waals surface area contributed by atoms with E-state index in [1.807, 2.05) is 0 Å². The highest BCUT2D eigenvalue weighted by Gasteiger charge is 1.81. The van der Waals surface area contributed by atoms with Crippen molar-refractivity contribution in [2.75, 3.05) is 13.2 Å². The Morgan fingerprint density at radius 1 is 0.714 bits per heavy atom. The molecule has 0 aromatic rings. The summed E-state index contributed by atoms with van der Waals surface area (Å²) >= 11 is 0. The highest BCUT2D eigenvalue weighted by molar-refractivity contribution is 4.35. The normalized spacial score (nSPS) is 8.00. The standard InChI is InChI=1S/C5H12O2.C5H12.C2H4/c6-4-2-1-3-5-7;1-3-5-4-2;1-2/h6-7H,1-5H2;3-5H2,1-2H3;1-2H2. The minimum absolute atomic E-state index is 0.250. The maximum atomic E-state index is 8.21. The highest BCUT2D eigenvalue weighted by atomic mass is 16.3. The molecule has 14 heavy (non-hydrogen) atoms. The summed E-state index contributed by atoms with van der Waals surface area (Å²) in [6.45, 7) is 10.9. The second-order valence-electron chi connectivity index (χ2n) is 2.86. The Morgan fingerprint density at radius 2 is 1.07 bits per heavy atom.